The Morgan fingerprint density at radius 2 is 1.69 bits per heavy atom. The molecule has 7 nitrogen and oxygen atoms in total. The Balaban J connectivity index is 1.68. The second-order valence-electron chi connectivity index (χ2n) is 8.76. The number of carbonyl (C=O) groups is 1. The summed E-state index contributed by atoms with van der Waals surface area (Å²) in [6.07, 6.45) is 1.01. The van der Waals surface area contributed by atoms with Gasteiger partial charge in [-0.15, -0.1) is 0 Å². The molecule has 2 aromatic carbocycles. The molecule has 0 saturated carbocycles. The topological polar surface area (TPSA) is 98.2 Å². The van der Waals surface area contributed by atoms with E-state index in [1.807, 2.05) is 41.8 Å². The molecule has 1 aliphatic rings. The first-order valence-corrected chi connectivity index (χ1v) is 13.3. The maximum Gasteiger partial charge on any atom is 0.355 e. The lowest BCUT2D eigenvalue weighted by Crippen LogP contribution is -2.21. The third-order valence-corrected chi connectivity index (χ3v) is 8.38. The molecule has 1 N–H and O–H groups in total. The molecule has 2 aromatic heterocycles. The zero-order valence-electron chi connectivity index (χ0n) is 20.1. The Morgan fingerprint density at radius 3 is 2.36 bits per heavy atom. The van der Waals surface area contributed by atoms with Crippen molar-refractivity contribution in [1.82, 2.24) is 9.55 Å². The van der Waals surface area contributed by atoms with Gasteiger partial charge in [0, 0.05) is 17.8 Å². The van der Waals surface area contributed by atoms with Crippen LogP contribution in [0.4, 0.5) is 0 Å². The fraction of sp³-hybridized carbons (Fsp3) is 0.214. The molecule has 0 fully saturated rings. The van der Waals surface area contributed by atoms with Crippen LogP contribution in [0.3, 0.4) is 0 Å². The van der Waals surface area contributed by atoms with E-state index in [2.05, 4.69) is 4.98 Å². The molecule has 0 amide bonds. The molecular weight excluding hydrogens is 476 g/mol. The quantitative estimate of drug-likeness (QED) is 0.396. The van der Waals surface area contributed by atoms with E-state index in [-0.39, 0.29) is 16.4 Å². The fourth-order valence-electron chi connectivity index (χ4n) is 4.93. The van der Waals surface area contributed by atoms with Crippen LogP contribution in [0.1, 0.15) is 39.8 Å². The molecule has 2 heterocycles. The normalized spacial score (nSPS) is 12.6. The molecule has 0 atom stereocenters. The number of H-pyrrole nitrogens is 1. The van der Waals surface area contributed by atoms with Crippen LogP contribution in [0.5, 0.6) is 0 Å². The minimum Gasteiger partial charge on any atom is -0.461 e. The predicted octanol–water partition coefficient (Wildman–Crippen LogP) is 4.31. The van der Waals surface area contributed by atoms with Gasteiger partial charge in [0.1, 0.15) is 10.6 Å². The second kappa shape index (κ2) is 9.28. The Morgan fingerprint density at radius 1 is 1.03 bits per heavy atom. The van der Waals surface area contributed by atoms with Crippen molar-refractivity contribution >= 4 is 15.8 Å². The molecule has 5 rings (SSSR count). The van der Waals surface area contributed by atoms with Crippen molar-refractivity contribution < 1.29 is 17.9 Å². The van der Waals surface area contributed by atoms with Crippen molar-refractivity contribution in [1.29, 1.82) is 0 Å². The molecule has 0 bridgehead atoms. The zero-order valence-corrected chi connectivity index (χ0v) is 20.9. The minimum absolute atomic E-state index is 0.0711. The van der Waals surface area contributed by atoms with Crippen LogP contribution < -0.4 is 5.56 Å². The Bertz CT molecular complexity index is 1620. The summed E-state index contributed by atoms with van der Waals surface area (Å²) in [6.45, 7) is 4.39. The number of esters is 1. The monoisotopic (exact) mass is 502 g/mol. The van der Waals surface area contributed by atoms with Gasteiger partial charge in [-0.05, 0) is 61.6 Å². The molecular formula is C28H26N2O5S. The average Bonchev–Trinajstić information content (AvgIpc) is 3.16. The largest absolute Gasteiger partial charge is 0.461 e. The smallest absolute Gasteiger partial charge is 0.355 e. The number of nitrogens with one attached hydrogen (secondary N) is 1. The second-order valence-corrected chi connectivity index (χ2v) is 10.7. The number of sulfone groups is 1. The van der Waals surface area contributed by atoms with E-state index in [0.29, 0.717) is 30.8 Å². The molecule has 184 valence electrons. The predicted molar refractivity (Wildman–Crippen MR) is 136 cm³/mol. The Labute approximate surface area is 209 Å². The summed E-state index contributed by atoms with van der Waals surface area (Å²) in [5.74, 6) is -0.410. The number of carbonyl (C=O) groups excluding carboxylic acids is 1. The van der Waals surface area contributed by atoms with Crippen LogP contribution in [0.15, 0.2) is 81.3 Å². The van der Waals surface area contributed by atoms with Gasteiger partial charge in [0.2, 0.25) is 9.84 Å². The van der Waals surface area contributed by atoms with Crippen LogP contribution in [0.2, 0.25) is 0 Å². The molecule has 36 heavy (non-hydrogen) atoms. The average molecular weight is 503 g/mol. The summed E-state index contributed by atoms with van der Waals surface area (Å²) in [6, 6.07) is 19.2. The third kappa shape index (κ3) is 3.97. The van der Waals surface area contributed by atoms with Crippen molar-refractivity contribution in [2.45, 2.75) is 43.0 Å². The molecule has 1 aliphatic carbocycles. The van der Waals surface area contributed by atoms with Gasteiger partial charge in [0.25, 0.3) is 5.56 Å². The molecule has 0 saturated heterocycles. The highest BCUT2D eigenvalue weighted by Gasteiger charge is 2.32. The van der Waals surface area contributed by atoms with Gasteiger partial charge in [0.05, 0.1) is 17.2 Å². The number of aryl methyl sites for hydroxylation is 1. The first kappa shape index (κ1) is 23.8. The van der Waals surface area contributed by atoms with Gasteiger partial charge < -0.3 is 14.3 Å². The van der Waals surface area contributed by atoms with Crippen LogP contribution in [-0.2, 0) is 34.0 Å². The van der Waals surface area contributed by atoms with Gasteiger partial charge in [-0.3, -0.25) is 4.79 Å². The highest BCUT2D eigenvalue weighted by atomic mass is 32.2. The van der Waals surface area contributed by atoms with E-state index >= 15 is 0 Å². The molecule has 0 aliphatic heterocycles. The van der Waals surface area contributed by atoms with Crippen LogP contribution in [0, 0.1) is 6.92 Å². The van der Waals surface area contributed by atoms with Crippen LogP contribution in [0.25, 0.3) is 11.3 Å². The lowest BCUT2D eigenvalue weighted by Gasteiger charge is -2.18. The Hall–Kier alpha value is -3.91. The van der Waals surface area contributed by atoms with Crippen molar-refractivity contribution in [2.24, 2.45) is 0 Å². The number of fused-ring (bicyclic) bond motifs is 3. The van der Waals surface area contributed by atoms with E-state index in [0.717, 1.165) is 27.9 Å². The van der Waals surface area contributed by atoms with E-state index in [9.17, 15) is 18.0 Å². The number of ether oxygens (including phenoxy) is 1. The maximum atomic E-state index is 13.2. The molecule has 8 heteroatoms. The number of hydrogen-bond donors (Lipinski definition) is 1. The number of pyridine rings is 1. The maximum absolute atomic E-state index is 13.2. The van der Waals surface area contributed by atoms with Crippen LogP contribution in [-0.4, -0.2) is 30.5 Å². The SMILES string of the molecule is CCOC(=O)c1c2c(c(C)n1Cc1ccccc1)-c1[nH]c(=O)c(S(=O)(=O)c3ccccc3)cc1CC2. The first-order chi connectivity index (χ1) is 17.3. The molecule has 0 unspecified atom stereocenters. The van der Waals surface area contributed by atoms with Crippen molar-refractivity contribution in [3.63, 3.8) is 0 Å². The number of hydrogen-bond acceptors (Lipinski definition) is 5. The van der Waals surface area contributed by atoms with E-state index in [1.54, 1.807) is 25.1 Å². The molecule has 0 radical (unpaired) electrons. The van der Waals surface area contributed by atoms with Crippen molar-refractivity contribution in [3.05, 3.63) is 105 Å². The highest BCUT2D eigenvalue weighted by Crippen LogP contribution is 2.39. The highest BCUT2D eigenvalue weighted by molar-refractivity contribution is 7.91. The van der Waals surface area contributed by atoms with Gasteiger partial charge >= 0.3 is 5.97 Å². The van der Waals surface area contributed by atoms with Crippen LogP contribution >= 0.6 is 0 Å². The summed E-state index contributed by atoms with van der Waals surface area (Å²) in [5, 5.41) is 0. The first-order valence-electron chi connectivity index (χ1n) is 11.8. The molecule has 0 spiro atoms. The van der Waals surface area contributed by atoms with Gasteiger partial charge in [0.15, 0.2) is 0 Å². The number of nitrogens with zero attached hydrogens (tertiary/aromatic N) is 1. The zero-order chi connectivity index (χ0) is 25.4. The Kier molecular flexibility index (Phi) is 6.14. The number of aromatic nitrogens is 2. The summed E-state index contributed by atoms with van der Waals surface area (Å²) in [5.41, 5.74) is 4.48. The number of rotatable bonds is 6. The van der Waals surface area contributed by atoms with E-state index in [4.69, 9.17) is 4.74 Å². The van der Waals surface area contributed by atoms with Gasteiger partial charge in [-0.25, -0.2) is 13.2 Å². The third-order valence-electron chi connectivity index (χ3n) is 6.60. The number of benzene rings is 2. The summed E-state index contributed by atoms with van der Waals surface area (Å²) >= 11 is 0. The lowest BCUT2D eigenvalue weighted by molar-refractivity contribution is 0.0512. The summed E-state index contributed by atoms with van der Waals surface area (Å²) < 4.78 is 33.7. The minimum atomic E-state index is -3.98. The van der Waals surface area contributed by atoms with Crippen molar-refractivity contribution in [3.8, 4) is 11.3 Å². The standard InChI is InChI=1S/C28H26N2O5S/c1-3-35-28(32)26-22-15-14-20-16-23(36(33,34)21-12-8-5-9-13-21)27(31)29-25(20)24(22)18(2)30(26)17-19-10-6-4-7-11-19/h4-13,16H,3,14-15,17H2,1-2H3,(H,29,31). The lowest BCUT2D eigenvalue weighted by atomic mass is 9.89. The molecule has 4 aromatic rings. The summed E-state index contributed by atoms with van der Waals surface area (Å²) in [4.78, 5) is 28.8. The van der Waals surface area contributed by atoms with Gasteiger partial charge in [-0.2, -0.15) is 0 Å². The van der Waals surface area contributed by atoms with E-state index < -0.39 is 21.4 Å². The van der Waals surface area contributed by atoms with Gasteiger partial charge in [-0.1, -0.05) is 48.5 Å². The fourth-order valence-corrected chi connectivity index (χ4v) is 6.29. The van der Waals surface area contributed by atoms with Crippen molar-refractivity contribution in [2.75, 3.05) is 6.61 Å². The van der Waals surface area contributed by atoms with E-state index in [1.165, 1.54) is 18.2 Å². The number of aromatic amines is 1. The summed E-state index contributed by atoms with van der Waals surface area (Å²) in [7, 11) is -3.98.